The molecular weight excluding hydrogens is 458 g/mol. The van der Waals surface area contributed by atoms with Gasteiger partial charge in [0.2, 0.25) is 5.91 Å². The van der Waals surface area contributed by atoms with Crippen molar-refractivity contribution in [3.8, 4) is 0 Å². The van der Waals surface area contributed by atoms with E-state index in [0.29, 0.717) is 24.8 Å². The van der Waals surface area contributed by atoms with Crippen LogP contribution in [0.1, 0.15) is 76.8 Å². The second kappa shape index (κ2) is 9.84. The number of amides is 3. The molecule has 4 heterocycles. The van der Waals surface area contributed by atoms with Crippen molar-refractivity contribution in [2.24, 2.45) is 0 Å². The number of nitrogens with one attached hydrogen (secondary N) is 1. The van der Waals surface area contributed by atoms with Gasteiger partial charge in [-0.15, -0.1) is 0 Å². The monoisotopic (exact) mass is 495 g/mol. The number of fused-ring (bicyclic) bond motifs is 1. The molecule has 0 spiro atoms. The average molecular weight is 496 g/mol. The maximum Gasteiger partial charge on any atom is 0.410 e. The lowest BCUT2D eigenvalue weighted by molar-refractivity contribution is -0.135. The minimum Gasteiger partial charge on any atom is -0.444 e. The number of hydrogen-bond donors (Lipinski definition) is 1. The van der Waals surface area contributed by atoms with E-state index in [0.717, 1.165) is 62.8 Å². The lowest BCUT2D eigenvalue weighted by Crippen LogP contribution is -2.49. The zero-order chi connectivity index (χ0) is 25.4. The first kappa shape index (κ1) is 24.7. The van der Waals surface area contributed by atoms with Gasteiger partial charge in [0, 0.05) is 30.9 Å². The van der Waals surface area contributed by atoms with E-state index >= 15 is 0 Å². The fraction of sp³-hybridized carbons (Fsp3) is 0.630. The largest absolute Gasteiger partial charge is 0.444 e. The normalized spacial score (nSPS) is 23.2. The summed E-state index contributed by atoms with van der Waals surface area (Å²) in [6.45, 7) is 9.36. The predicted octanol–water partition coefficient (Wildman–Crippen LogP) is 3.59. The van der Waals surface area contributed by atoms with Crippen LogP contribution in [0.15, 0.2) is 24.4 Å². The highest BCUT2D eigenvalue weighted by molar-refractivity contribution is 6.00. The van der Waals surface area contributed by atoms with E-state index in [1.54, 1.807) is 4.68 Å². The topological polar surface area (TPSA) is 96.8 Å². The highest BCUT2D eigenvalue weighted by Crippen LogP contribution is 2.33. The molecule has 0 bridgehead atoms. The highest BCUT2D eigenvalue weighted by atomic mass is 16.6. The van der Waals surface area contributed by atoms with Crippen LogP contribution < -0.4 is 5.32 Å². The number of ether oxygens (including phenoxy) is 1. The minimum absolute atomic E-state index is 0.198. The number of piperidine rings is 3. The summed E-state index contributed by atoms with van der Waals surface area (Å²) in [5.74, 6) is 0.0195. The predicted molar refractivity (Wildman–Crippen MR) is 136 cm³/mol. The summed E-state index contributed by atoms with van der Waals surface area (Å²) in [7, 11) is 0. The Morgan fingerprint density at radius 3 is 2.42 bits per heavy atom. The number of imide groups is 1. The van der Waals surface area contributed by atoms with E-state index in [1.807, 2.05) is 31.9 Å². The molecule has 3 aliphatic rings. The van der Waals surface area contributed by atoms with E-state index in [4.69, 9.17) is 4.74 Å². The number of hydrogen-bond acceptors (Lipinski definition) is 6. The Morgan fingerprint density at radius 2 is 1.75 bits per heavy atom. The third kappa shape index (κ3) is 5.26. The second-order valence-electron chi connectivity index (χ2n) is 11.4. The van der Waals surface area contributed by atoms with Crippen molar-refractivity contribution in [3.63, 3.8) is 0 Å². The highest BCUT2D eigenvalue weighted by Gasteiger charge is 2.32. The minimum atomic E-state index is -0.456. The molecule has 2 aromatic rings. The Balaban J connectivity index is 1.16. The summed E-state index contributed by atoms with van der Waals surface area (Å²) in [6, 6.07) is 6.55. The fourth-order valence-corrected chi connectivity index (χ4v) is 5.83. The van der Waals surface area contributed by atoms with Crippen molar-refractivity contribution >= 4 is 28.8 Å². The molecule has 5 rings (SSSR count). The standard InChI is InChI=1S/C27H37N5O4/c1-27(2,3)36-26(35)31-14-10-21(11-15-31)30-12-8-18(9-13-30)19-4-5-22-20(16-19)17-28-32(22)23-6-7-24(33)29-25(23)34/h4-5,16-18,21,23H,6-15H2,1-3H3,(H,29,33,34). The van der Waals surface area contributed by atoms with Gasteiger partial charge in [0.15, 0.2) is 0 Å². The van der Waals surface area contributed by atoms with Gasteiger partial charge in [-0.3, -0.25) is 19.6 Å². The number of rotatable bonds is 3. The van der Waals surface area contributed by atoms with Gasteiger partial charge in [-0.25, -0.2) is 4.79 Å². The number of likely N-dealkylation sites (tertiary alicyclic amines) is 2. The van der Waals surface area contributed by atoms with Gasteiger partial charge in [0.1, 0.15) is 11.6 Å². The van der Waals surface area contributed by atoms with Crippen LogP contribution in [-0.4, -0.2) is 75.3 Å². The quantitative estimate of drug-likeness (QED) is 0.654. The Labute approximate surface area is 212 Å². The summed E-state index contributed by atoms with van der Waals surface area (Å²) in [5, 5.41) is 7.95. The smallest absolute Gasteiger partial charge is 0.410 e. The third-order valence-corrected chi connectivity index (χ3v) is 7.76. The molecule has 1 aromatic carbocycles. The second-order valence-corrected chi connectivity index (χ2v) is 11.4. The van der Waals surface area contributed by atoms with Crippen LogP contribution in [0.25, 0.3) is 10.9 Å². The molecule has 1 aromatic heterocycles. The molecular formula is C27H37N5O4. The third-order valence-electron chi connectivity index (χ3n) is 7.76. The van der Waals surface area contributed by atoms with Gasteiger partial charge < -0.3 is 14.5 Å². The van der Waals surface area contributed by atoms with Crippen LogP contribution in [0.4, 0.5) is 4.79 Å². The molecule has 9 nitrogen and oxygen atoms in total. The number of carbonyl (C=O) groups is 3. The average Bonchev–Trinajstić information content (AvgIpc) is 3.26. The lowest BCUT2D eigenvalue weighted by Gasteiger charge is -2.42. The summed E-state index contributed by atoms with van der Waals surface area (Å²) >= 11 is 0. The van der Waals surface area contributed by atoms with Gasteiger partial charge in [-0.2, -0.15) is 5.10 Å². The molecule has 1 atom stereocenters. The molecule has 0 saturated carbocycles. The van der Waals surface area contributed by atoms with E-state index in [-0.39, 0.29) is 17.9 Å². The van der Waals surface area contributed by atoms with Crippen LogP contribution >= 0.6 is 0 Å². The molecule has 3 saturated heterocycles. The lowest BCUT2D eigenvalue weighted by atomic mass is 9.87. The van der Waals surface area contributed by atoms with E-state index < -0.39 is 11.6 Å². The van der Waals surface area contributed by atoms with Crippen molar-refractivity contribution in [1.29, 1.82) is 0 Å². The van der Waals surface area contributed by atoms with E-state index in [9.17, 15) is 14.4 Å². The first-order valence-corrected chi connectivity index (χ1v) is 13.2. The first-order chi connectivity index (χ1) is 17.2. The first-order valence-electron chi connectivity index (χ1n) is 13.2. The van der Waals surface area contributed by atoms with E-state index in [1.165, 1.54) is 5.56 Å². The Bertz CT molecular complexity index is 1140. The molecule has 0 aliphatic carbocycles. The van der Waals surface area contributed by atoms with Gasteiger partial charge >= 0.3 is 6.09 Å². The van der Waals surface area contributed by atoms with Crippen molar-refractivity contribution in [2.75, 3.05) is 26.2 Å². The molecule has 9 heteroatoms. The molecule has 36 heavy (non-hydrogen) atoms. The van der Waals surface area contributed by atoms with E-state index in [2.05, 4.69) is 33.5 Å². The summed E-state index contributed by atoms with van der Waals surface area (Å²) in [5.41, 5.74) is 1.80. The number of aromatic nitrogens is 2. The van der Waals surface area contributed by atoms with Gasteiger partial charge in [-0.05, 0) is 89.6 Å². The van der Waals surface area contributed by atoms with Gasteiger partial charge in [-0.1, -0.05) is 6.07 Å². The molecule has 1 N–H and O–H groups in total. The molecule has 194 valence electrons. The zero-order valence-electron chi connectivity index (χ0n) is 21.5. The molecule has 3 amide bonds. The Morgan fingerprint density at radius 1 is 1.03 bits per heavy atom. The van der Waals surface area contributed by atoms with Crippen LogP contribution in [-0.2, 0) is 14.3 Å². The molecule has 1 unspecified atom stereocenters. The van der Waals surface area contributed by atoms with Crippen LogP contribution in [0.5, 0.6) is 0 Å². The fourth-order valence-electron chi connectivity index (χ4n) is 5.83. The van der Waals surface area contributed by atoms with Crippen molar-refractivity contribution in [1.82, 2.24) is 24.9 Å². The maximum absolute atomic E-state index is 12.4. The summed E-state index contributed by atoms with van der Waals surface area (Å²) in [4.78, 5) is 40.6. The van der Waals surface area contributed by atoms with Crippen molar-refractivity contribution in [3.05, 3.63) is 30.0 Å². The number of nitrogens with zero attached hydrogens (tertiary/aromatic N) is 4. The number of benzene rings is 1. The molecule has 3 aliphatic heterocycles. The molecule has 0 radical (unpaired) electrons. The van der Waals surface area contributed by atoms with Gasteiger partial charge in [0.05, 0.1) is 11.7 Å². The van der Waals surface area contributed by atoms with Gasteiger partial charge in [0.25, 0.3) is 5.91 Å². The summed E-state index contributed by atoms with van der Waals surface area (Å²) < 4.78 is 7.29. The zero-order valence-corrected chi connectivity index (χ0v) is 21.5. The molecule has 3 fully saturated rings. The SMILES string of the molecule is CC(C)(C)OC(=O)N1CCC(N2CCC(c3ccc4c(cnn4C4CCC(=O)NC4=O)c3)CC2)CC1. The Kier molecular flexibility index (Phi) is 6.76. The Hall–Kier alpha value is -2.94. The van der Waals surface area contributed by atoms with Crippen LogP contribution in [0, 0.1) is 0 Å². The van der Waals surface area contributed by atoms with Crippen LogP contribution in [0.3, 0.4) is 0 Å². The maximum atomic E-state index is 12.4. The van der Waals surface area contributed by atoms with Crippen molar-refractivity contribution in [2.45, 2.75) is 82.9 Å². The summed E-state index contributed by atoms with van der Waals surface area (Å²) in [6.07, 6.45) is 6.67. The van der Waals surface area contributed by atoms with Crippen molar-refractivity contribution < 1.29 is 19.1 Å². The number of carbonyl (C=O) groups excluding carboxylic acids is 3. The van der Waals surface area contributed by atoms with Crippen LogP contribution in [0.2, 0.25) is 0 Å².